The Morgan fingerprint density at radius 3 is 2.68 bits per heavy atom. The van der Waals surface area contributed by atoms with Crippen LogP contribution in [-0.2, 0) is 11.2 Å². The van der Waals surface area contributed by atoms with Crippen LogP contribution >= 0.6 is 11.3 Å². The van der Waals surface area contributed by atoms with E-state index in [9.17, 15) is 9.59 Å². The standard InChI is InChI=1S/C18H16N2O4S/c1-11-15(8-5-12-3-6-14(24-2)7-4-12)19-18-20(17(11)23)13(10-25-18)9-16(21)22/h3-8,10H,9H2,1-2H3,(H,21,22)/b8-5+. The van der Waals surface area contributed by atoms with Crippen LogP contribution in [0.4, 0.5) is 0 Å². The van der Waals surface area contributed by atoms with E-state index in [1.54, 1.807) is 25.5 Å². The average molecular weight is 356 g/mol. The number of benzene rings is 1. The number of nitrogens with zero attached hydrogens (tertiary/aromatic N) is 2. The maximum atomic E-state index is 12.6. The average Bonchev–Trinajstić information content (AvgIpc) is 2.99. The molecule has 0 aliphatic heterocycles. The summed E-state index contributed by atoms with van der Waals surface area (Å²) in [6, 6.07) is 7.53. The number of hydrogen-bond acceptors (Lipinski definition) is 5. The minimum absolute atomic E-state index is 0.206. The summed E-state index contributed by atoms with van der Waals surface area (Å²) in [7, 11) is 1.61. The lowest BCUT2D eigenvalue weighted by Crippen LogP contribution is -2.21. The number of aromatic nitrogens is 2. The summed E-state index contributed by atoms with van der Waals surface area (Å²) < 4.78 is 6.50. The van der Waals surface area contributed by atoms with Crippen LogP contribution < -0.4 is 10.3 Å². The summed E-state index contributed by atoms with van der Waals surface area (Å²) >= 11 is 1.26. The normalized spacial score (nSPS) is 11.3. The van der Waals surface area contributed by atoms with Gasteiger partial charge < -0.3 is 9.84 Å². The van der Waals surface area contributed by atoms with E-state index in [2.05, 4.69) is 4.98 Å². The third-order valence-corrected chi connectivity index (χ3v) is 4.66. The molecule has 128 valence electrons. The molecule has 0 saturated carbocycles. The summed E-state index contributed by atoms with van der Waals surface area (Å²) in [6.07, 6.45) is 3.45. The SMILES string of the molecule is COc1ccc(/C=C/c2nc3scc(CC(=O)O)n3c(=O)c2C)cc1. The molecule has 0 amide bonds. The third kappa shape index (κ3) is 3.46. The molecule has 0 aliphatic carbocycles. The predicted octanol–water partition coefficient (Wildman–Crippen LogP) is 2.87. The van der Waals surface area contributed by atoms with Gasteiger partial charge in [-0.25, -0.2) is 4.98 Å². The van der Waals surface area contributed by atoms with Crippen molar-refractivity contribution < 1.29 is 14.6 Å². The van der Waals surface area contributed by atoms with E-state index in [1.165, 1.54) is 15.7 Å². The smallest absolute Gasteiger partial charge is 0.309 e. The number of rotatable bonds is 5. The van der Waals surface area contributed by atoms with Crippen molar-refractivity contribution in [2.45, 2.75) is 13.3 Å². The first-order valence-corrected chi connectivity index (χ1v) is 8.41. The topological polar surface area (TPSA) is 80.9 Å². The van der Waals surface area contributed by atoms with Crippen molar-refractivity contribution in [2.75, 3.05) is 7.11 Å². The molecule has 2 aromatic heterocycles. The highest BCUT2D eigenvalue weighted by Crippen LogP contribution is 2.17. The predicted molar refractivity (Wildman–Crippen MR) is 97.3 cm³/mol. The second-order valence-corrected chi connectivity index (χ2v) is 6.29. The van der Waals surface area contributed by atoms with E-state index < -0.39 is 5.97 Å². The number of carbonyl (C=O) groups is 1. The fraction of sp³-hybridized carbons (Fsp3) is 0.167. The molecule has 0 saturated heterocycles. The van der Waals surface area contributed by atoms with E-state index in [4.69, 9.17) is 9.84 Å². The van der Waals surface area contributed by atoms with Crippen LogP contribution in [0.25, 0.3) is 17.1 Å². The number of carboxylic acid groups (broad SMARTS) is 1. The highest BCUT2D eigenvalue weighted by molar-refractivity contribution is 7.15. The van der Waals surface area contributed by atoms with Crippen LogP contribution in [-0.4, -0.2) is 27.6 Å². The van der Waals surface area contributed by atoms with E-state index in [0.29, 0.717) is 21.9 Å². The van der Waals surface area contributed by atoms with Gasteiger partial charge in [0, 0.05) is 16.6 Å². The molecule has 0 bridgehead atoms. The fourth-order valence-electron chi connectivity index (χ4n) is 2.43. The van der Waals surface area contributed by atoms with Crippen LogP contribution in [0.15, 0.2) is 34.4 Å². The van der Waals surface area contributed by atoms with Crippen molar-refractivity contribution in [2.24, 2.45) is 0 Å². The number of methoxy groups -OCH3 is 1. The van der Waals surface area contributed by atoms with Gasteiger partial charge in [-0.15, -0.1) is 11.3 Å². The number of thiazole rings is 1. The molecule has 0 aliphatic rings. The molecule has 1 aromatic carbocycles. The first-order chi connectivity index (χ1) is 12.0. The molecule has 7 heteroatoms. The molecule has 1 N–H and O–H groups in total. The van der Waals surface area contributed by atoms with Gasteiger partial charge in [0.25, 0.3) is 5.56 Å². The van der Waals surface area contributed by atoms with Crippen molar-refractivity contribution >= 4 is 34.4 Å². The molecule has 0 spiro atoms. The Labute approximate surface area is 147 Å². The lowest BCUT2D eigenvalue weighted by molar-refractivity contribution is -0.136. The molecule has 3 aromatic rings. The van der Waals surface area contributed by atoms with E-state index in [1.807, 2.05) is 30.3 Å². The molecular weight excluding hydrogens is 340 g/mol. The van der Waals surface area contributed by atoms with Gasteiger partial charge in [0.15, 0.2) is 4.96 Å². The Bertz CT molecular complexity index is 1020. The van der Waals surface area contributed by atoms with Gasteiger partial charge in [-0.1, -0.05) is 18.2 Å². The van der Waals surface area contributed by atoms with Crippen molar-refractivity contribution in [3.8, 4) is 5.75 Å². The Morgan fingerprint density at radius 2 is 2.04 bits per heavy atom. The van der Waals surface area contributed by atoms with Crippen molar-refractivity contribution in [1.29, 1.82) is 0 Å². The Kier molecular flexibility index (Phi) is 4.67. The van der Waals surface area contributed by atoms with Crippen LogP contribution in [0.1, 0.15) is 22.5 Å². The molecule has 0 atom stereocenters. The zero-order chi connectivity index (χ0) is 18.0. The van der Waals surface area contributed by atoms with Crippen molar-refractivity contribution in [3.05, 3.63) is 62.5 Å². The van der Waals surface area contributed by atoms with Crippen LogP contribution in [0.3, 0.4) is 0 Å². The molecule has 0 fully saturated rings. The van der Waals surface area contributed by atoms with Gasteiger partial charge in [0.2, 0.25) is 0 Å². The Balaban J connectivity index is 1.99. The lowest BCUT2D eigenvalue weighted by Gasteiger charge is -2.03. The van der Waals surface area contributed by atoms with Crippen LogP contribution in [0, 0.1) is 6.92 Å². The summed E-state index contributed by atoms with van der Waals surface area (Å²) in [6.45, 7) is 1.69. The lowest BCUT2D eigenvalue weighted by atomic mass is 10.1. The van der Waals surface area contributed by atoms with Gasteiger partial charge in [-0.2, -0.15) is 0 Å². The van der Waals surface area contributed by atoms with Crippen molar-refractivity contribution in [1.82, 2.24) is 9.38 Å². The van der Waals surface area contributed by atoms with E-state index in [0.717, 1.165) is 11.3 Å². The summed E-state index contributed by atoms with van der Waals surface area (Å²) in [5.74, 6) is -0.205. The van der Waals surface area contributed by atoms with E-state index in [-0.39, 0.29) is 12.0 Å². The Morgan fingerprint density at radius 1 is 1.32 bits per heavy atom. The molecule has 25 heavy (non-hydrogen) atoms. The largest absolute Gasteiger partial charge is 0.497 e. The number of hydrogen-bond donors (Lipinski definition) is 1. The number of aliphatic carboxylic acids is 1. The van der Waals surface area contributed by atoms with Crippen molar-refractivity contribution in [3.63, 3.8) is 0 Å². The molecule has 6 nitrogen and oxygen atoms in total. The highest BCUT2D eigenvalue weighted by Gasteiger charge is 2.14. The second kappa shape index (κ2) is 6.90. The number of ether oxygens (including phenoxy) is 1. The maximum Gasteiger partial charge on any atom is 0.309 e. The van der Waals surface area contributed by atoms with Crippen LogP contribution in [0.2, 0.25) is 0 Å². The molecule has 0 radical (unpaired) electrons. The van der Waals surface area contributed by atoms with Gasteiger partial charge >= 0.3 is 5.97 Å². The molecule has 2 heterocycles. The molecule has 3 rings (SSSR count). The zero-order valence-corrected chi connectivity index (χ0v) is 14.5. The Hall–Kier alpha value is -2.93. The maximum absolute atomic E-state index is 12.6. The van der Waals surface area contributed by atoms with Crippen LogP contribution in [0.5, 0.6) is 5.75 Å². The summed E-state index contributed by atoms with van der Waals surface area (Å²) in [4.78, 5) is 28.5. The first-order valence-electron chi connectivity index (χ1n) is 7.53. The third-order valence-electron chi connectivity index (χ3n) is 3.78. The monoisotopic (exact) mass is 356 g/mol. The minimum atomic E-state index is -0.979. The molecule has 0 unspecified atom stereocenters. The summed E-state index contributed by atoms with van der Waals surface area (Å²) in [5, 5.41) is 10.6. The fourth-order valence-corrected chi connectivity index (χ4v) is 3.32. The molecular formula is C18H16N2O4S. The van der Waals surface area contributed by atoms with Gasteiger partial charge in [0.05, 0.1) is 19.2 Å². The van der Waals surface area contributed by atoms with E-state index >= 15 is 0 Å². The van der Waals surface area contributed by atoms with Gasteiger partial charge in [-0.3, -0.25) is 14.0 Å². The quantitative estimate of drug-likeness (QED) is 0.760. The highest BCUT2D eigenvalue weighted by atomic mass is 32.1. The zero-order valence-electron chi connectivity index (χ0n) is 13.7. The number of carboxylic acids is 1. The number of fused-ring (bicyclic) bond motifs is 1. The summed E-state index contributed by atoms with van der Waals surface area (Å²) in [5.41, 5.74) is 2.22. The minimum Gasteiger partial charge on any atom is -0.497 e. The van der Waals surface area contributed by atoms with Gasteiger partial charge in [-0.05, 0) is 30.7 Å². The first kappa shape index (κ1) is 16.9. The second-order valence-electron chi connectivity index (χ2n) is 5.45. The van der Waals surface area contributed by atoms with Gasteiger partial charge in [0.1, 0.15) is 5.75 Å².